The number of piperidine rings is 1. The number of hydrogen-bond acceptors (Lipinski definition) is 3. The van der Waals surface area contributed by atoms with E-state index in [0.717, 1.165) is 43.2 Å². The maximum Gasteiger partial charge on any atom is 0.239 e. The summed E-state index contributed by atoms with van der Waals surface area (Å²) in [5.41, 5.74) is 5.89. The molecule has 0 bridgehead atoms. The third kappa shape index (κ3) is 3.57. The Morgan fingerprint density at radius 3 is 2.79 bits per heavy atom. The van der Waals surface area contributed by atoms with E-state index in [2.05, 4.69) is 28.0 Å². The van der Waals surface area contributed by atoms with Gasteiger partial charge in [0.05, 0.1) is 22.8 Å². The lowest BCUT2D eigenvalue weighted by molar-refractivity contribution is -0.134. The van der Waals surface area contributed by atoms with Crippen LogP contribution >= 0.6 is 15.9 Å². The van der Waals surface area contributed by atoms with Gasteiger partial charge >= 0.3 is 0 Å². The predicted octanol–water partition coefficient (Wildman–Crippen LogP) is 1.94. The molecule has 1 atom stereocenters. The van der Waals surface area contributed by atoms with Crippen molar-refractivity contribution in [2.24, 2.45) is 5.73 Å². The molecule has 1 amide bonds. The van der Waals surface area contributed by atoms with Crippen molar-refractivity contribution in [3.63, 3.8) is 0 Å². The van der Waals surface area contributed by atoms with Gasteiger partial charge in [-0.1, -0.05) is 13.3 Å². The van der Waals surface area contributed by atoms with Crippen molar-refractivity contribution < 1.29 is 4.79 Å². The molecule has 1 aromatic heterocycles. The molecule has 1 aliphatic heterocycles. The zero-order valence-corrected chi connectivity index (χ0v) is 12.8. The number of nitrogens with zero attached hydrogens (tertiary/aromatic N) is 3. The molecule has 2 rings (SSSR count). The average molecular weight is 329 g/mol. The van der Waals surface area contributed by atoms with Gasteiger partial charge in [0.2, 0.25) is 5.91 Å². The molecule has 1 aliphatic rings. The molecule has 0 saturated carbocycles. The number of amides is 1. The normalized spacial score (nSPS) is 18.6. The van der Waals surface area contributed by atoms with Gasteiger partial charge in [0.1, 0.15) is 0 Å². The molecule has 1 unspecified atom stereocenters. The minimum absolute atomic E-state index is 0.0990. The highest BCUT2D eigenvalue weighted by molar-refractivity contribution is 9.10. The van der Waals surface area contributed by atoms with E-state index < -0.39 is 0 Å². The van der Waals surface area contributed by atoms with Gasteiger partial charge in [0.25, 0.3) is 0 Å². The number of hydrogen-bond donors (Lipinski definition) is 1. The van der Waals surface area contributed by atoms with Gasteiger partial charge in [-0.25, -0.2) is 0 Å². The van der Waals surface area contributed by atoms with E-state index in [1.54, 1.807) is 6.20 Å². The lowest BCUT2D eigenvalue weighted by atomic mass is 10.0. The smallest absolute Gasteiger partial charge is 0.239 e. The highest BCUT2D eigenvalue weighted by atomic mass is 79.9. The van der Waals surface area contributed by atoms with E-state index in [1.807, 2.05) is 15.8 Å². The quantitative estimate of drug-likeness (QED) is 0.918. The van der Waals surface area contributed by atoms with Crippen molar-refractivity contribution in [3.05, 3.63) is 16.9 Å². The monoisotopic (exact) mass is 328 g/mol. The zero-order chi connectivity index (χ0) is 13.8. The van der Waals surface area contributed by atoms with Gasteiger partial charge in [0, 0.05) is 19.3 Å². The van der Waals surface area contributed by atoms with E-state index >= 15 is 0 Å². The largest absolute Gasteiger partial charge is 0.341 e. The van der Waals surface area contributed by atoms with Gasteiger partial charge < -0.3 is 10.6 Å². The van der Waals surface area contributed by atoms with E-state index in [1.165, 1.54) is 0 Å². The molecule has 0 radical (unpaired) electrons. The van der Waals surface area contributed by atoms with E-state index in [4.69, 9.17) is 5.73 Å². The van der Waals surface area contributed by atoms with Crippen LogP contribution in [-0.4, -0.2) is 39.7 Å². The number of likely N-dealkylation sites (tertiary alicyclic amines) is 1. The van der Waals surface area contributed by atoms with Crippen LogP contribution in [0.4, 0.5) is 0 Å². The van der Waals surface area contributed by atoms with Crippen LogP contribution in [0, 0.1) is 0 Å². The Balaban J connectivity index is 1.87. The number of carbonyl (C=O) groups excluding carboxylic acids is 1. The zero-order valence-electron chi connectivity index (χ0n) is 11.3. The fraction of sp³-hybridized carbons (Fsp3) is 0.692. The molecule has 0 spiro atoms. The first-order valence-corrected chi connectivity index (χ1v) is 7.65. The number of nitrogens with two attached hydrogens (primary N) is 1. The highest BCUT2D eigenvalue weighted by Gasteiger charge is 2.26. The first-order chi connectivity index (χ1) is 9.11. The second kappa shape index (κ2) is 6.52. The lowest BCUT2D eigenvalue weighted by Gasteiger charge is -2.33. The van der Waals surface area contributed by atoms with Crippen LogP contribution in [0.2, 0.25) is 0 Å². The van der Waals surface area contributed by atoms with Crippen molar-refractivity contribution in [2.75, 3.05) is 13.1 Å². The molecule has 1 fully saturated rings. The van der Waals surface area contributed by atoms with Gasteiger partial charge in [0.15, 0.2) is 0 Å². The third-order valence-electron chi connectivity index (χ3n) is 3.64. The summed E-state index contributed by atoms with van der Waals surface area (Å²) in [4.78, 5) is 14.0. The van der Waals surface area contributed by atoms with Crippen molar-refractivity contribution in [2.45, 2.75) is 44.7 Å². The Kier molecular flexibility index (Phi) is 4.99. The summed E-state index contributed by atoms with van der Waals surface area (Å²) < 4.78 is 2.98. The summed E-state index contributed by atoms with van der Waals surface area (Å²) in [6.07, 6.45) is 7.40. The van der Waals surface area contributed by atoms with E-state index in [9.17, 15) is 4.79 Å². The molecule has 2 heterocycles. The molecule has 106 valence electrons. The molecule has 6 heteroatoms. The average Bonchev–Trinajstić information content (AvgIpc) is 2.85. The second-order valence-corrected chi connectivity index (χ2v) is 6.01. The second-order valence-electron chi connectivity index (χ2n) is 5.09. The van der Waals surface area contributed by atoms with Crippen LogP contribution in [0.3, 0.4) is 0 Å². The van der Waals surface area contributed by atoms with Gasteiger partial charge in [-0.15, -0.1) is 0 Å². The topological polar surface area (TPSA) is 64.2 Å². The molecule has 1 aromatic rings. The third-order valence-corrected chi connectivity index (χ3v) is 4.05. The molecular weight excluding hydrogens is 308 g/mol. The standard InChI is InChI=1S/C13H21BrN4O/c1-2-3-12(15)13(19)17-6-4-11(5-7-17)18-9-10(14)8-16-18/h8-9,11-12H,2-7,15H2,1H3. The first kappa shape index (κ1) is 14.5. The first-order valence-electron chi connectivity index (χ1n) is 6.85. The van der Waals surface area contributed by atoms with Crippen molar-refractivity contribution in [1.82, 2.24) is 14.7 Å². The molecule has 1 saturated heterocycles. The molecule has 0 aliphatic carbocycles. The van der Waals surface area contributed by atoms with Gasteiger partial charge in [-0.3, -0.25) is 9.48 Å². The van der Waals surface area contributed by atoms with Crippen molar-refractivity contribution in [1.29, 1.82) is 0 Å². The Morgan fingerprint density at radius 1 is 1.58 bits per heavy atom. The highest BCUT2D eigenvalue weighted by Crippen LogP contribution is 2.23. The fourth-order valence-corrected chi connectivity index (χ4v) is 2.84. The van der Waals surface area contributed by atoms with Gasteiger partial charge in [-0.2, -0.15) is 5.10 Å². The van der Waals surface area contributed by atoms with Crippen LogP contribution in [0.15, 0.2) is 16.9 Å². The Bertz CT molecular complexity index is 426. The summed E-state index contributed by atoms with van der Waals surface area (Å²) in [6.45, 7) is 3.60. The maximum atomic E-state index is 12.1. The Morgan fingerprint density at radius 2 is 2.26 bits per heavy atom. The van der Waals surface area contributed by atoms with Crippen LogP contribution in [0.5, 0.6) is 0 Å². The number of halogens is 1. The van der Waals surface area contributed by atoms with Crippen LogP contribution in [0.1, 0.15) is 38.6 Å². The summed E-state index contributed by atoms with van der Waals surface area (Å²) in [5, 5.41) is 4.32. The number of rotatable bonds is 4. The molecule has 5 nitrogen and oxygen atoms in total. The summed E-state index contributed by atoms with van der Waals surface area (Å²) in [7, 11) is 0. The summed E-state index contributed by atoms with van der Waals surface area (Å²) >= 11 is 3.41. The van der Waals surface area contributed by atoms with Crippen LogP contribution in [-0.2, 0) is 4.79 Å². The van der Waals surface area contributed by atoms with E-state index in [0.29, 0.717) is 6.04 Å². The van der Waals surface area contributed by atoms with Crippen molar-refractivity contribution in [3.8, 4) is 0 Å². The molecule has 0 aromatic carbocycles. The lowest BCUT2D eigenvalue weighted by Crippen LogP contribution is -2.47. The summed E-state index contributed by atoms with van der Waals surface area (Å²) in [6, 6.07) is 0.0538. The van der Waals surface area contributed by atoms with Gasteiger partial charge in [-0.05, 0) is 35.2 Å². The van der Waals surface area contributed by atoms with Crippen molar-refractivity contribution >= 4 is 21.8 Å². The summed E-state index contributed by atoms with van der Waals surface area (Å²) in [5.74, 6) is 0.0990. The molecule has 2 N–H and O–H groups in total. The Labute approximate surface area is 122 Å². The Hall–Kier alpha value is -0.880. The minimum atomic E-state index is -0.333. The number of carbonyl (C=O) groups is 1. The molecular formula is C13H21BrN4O. The van der Waals surface area contributed by atoms with Crippen LogP contribution < -0.4 is 5.73 Å². The fourth-order valence-electron chi connectivity index (χ4n) is 2.53. The van der Waals surface area contributed by atoms with Crippen LogP contribution in [0.25, 0.3) is 0 Å². The predicted molar refractivity (Wildman–Crippen MR) is 77.7 cm³/mol. The number of aromatic nitrogens is 2. The SMILES string of the molecule is CCCC(N)C(=O)N1CCC(n2cc(Br)cn2)CC1. The molecule has 19 heavy (non-hydrogen) atoms. The maximum absolute atomic E-state index is 12.1. The minimum Gasteiger partial charge on any atom is -0.341 e. The van der Waals surface area contributed by atoms with E-state index in [-0.39, 0.29) is 11.9 Å².